The quantitative estimate of drug-likeness (QED) is 0.175. The van der Waals surface area contributed by atoms with Crippen LogP contribution in [0.15, 0.2) is 24.3 Å². The van der Waals surface area contributed by atoms with E-state index in [2.05, 4.69) is 25.1 Å². The van der Waals surface area contributed by atoms with Gasteiger partial charge < -0.3 is 10.2 Å². The van der Waals surface area contributed by atoms with E-state index >= 15 is 0 Å². The van der Waals surface area contributed by atoms with Crippen LogP contribution in [0.2, 0.25) is 0 Å². The summed E-state index contributed by atoms with van der Waals surface area (Å²) in [7, 11) is -4.84. The van der Waals surface area contributed by atoms with Crippen LogP contribution in [0.3, 0.4) is 0 Å². The Morgan fingerprint density at radius 2 is 1.55 bits per heavy atom. The molecule has 0 bridgehead atoms. The summed E-state index contributed by atoms with van der Waals surface area (Å²) in [4.78, 5) is 20.0. The molecule has 0 aliphatic carbocycles. The molecule has 0 saturated heterocycles. The van der Waals surface area contributed by atoms with Crippen LogP contribution in [0.25, 0.3) is 0 Å². The van der Waals surface area contributed by atoms with Crippen molar-refractivity contribution < 1.29 is 84.2 Å². The molecule has 0 spiro atoms. The molecular weight excluding hydrogens is 423 g/mol. The molecule has 9 heteroatoms. The molecule has 0 heterocycles. The van der Waals surface area contributed by atoms with E-state index in [0.717, 1.165) is 0 Å². The first-order valence-corrected chi connectivity index (χ1v) is 11.0. The predicted octanol–water partition coefficient (Wildman–Crippen LogP) is 0.976. The standard InChI is InChI=1S/C16H25.C4H6O7S.K/c1-2-3-4-5-6-7-8-10-13-16-14-11-9-12-15-16;5-3(6)1-2(4(7)8)12(9,10)11;/h9,11-12,14H,2-8,10,13H2,1H3;2H,1H2,(H,5,6)(H,7,8)(H,9,10,11);/q-1;;+1. The van der Waals surface area contributed by atoms with Crippen molar-refractivity contribution in [3.8, 4) is 0 Å². The maximum Gasteiger partial charge on any atom is 1.00 e. The molecule has 0 aliphatic heterocycles. The van der Waals surface area contributed by atoms with Gasteiger partial charge in [0.1, 0.15) is 0 Å². The van der Waals surface area contributed by atoms with Crippen LogP contribution in [0.1, 0.15) is 70.3 Å². The van der Waals surface area contributed by atoms with Crippen LogP contribution in [-0.2, 0) is 26.1 Å². The third-order valence-electron chi connectivity index (χ3n) is 4.07. The number of unbranched alkanes of at least 4 members (excludes halogenated alkanes) is 7. The first kappa shape index (κ1) is 30.9. The molecule has 1 rings (SSSR count). The van der Waals surface area contributed by atoms with Gasteiger partial charge in [0, 0.05) is 0 Å². The second kappa shape index (κ2) is 18.5. The maximum absolute atomic E-state index is 10.2. The number of carboxylic acid groups (broad SMARTS) is 2. The fourth-order valence-electron chi connectivity index (χ4n) is 2.51. The summed E-state index contributed by atoms with van der Waals surface area (Å²) in [5.41, 5.74) is 1.37. The Hall–Kier alpha value is -0.294. The molecule has 29 heavy (non-hydrogen) atoms. The third kappa shape index (κ3) is 18.2. The van der Waals surface area contributed by atoms with Crippen molar-refractivity contribution >= 4 is 22.1 Å². The number of carboxylic acids is 2. The van der Waals surface area contributed by atoms with Gasteiger partial charge in [-0.1, -0.05) is 64.7 Å². The average Bonchev–Trinajstić information content (AvgIpc) is 2.62. The van der Waals surface area contributed by atoms with E-state index < -0.39 is 33.7 Å². The zero-order valence-electron chi connectivity index (χ0n) is 17.3. The van der Waals surface area contributed by atoms with Crippen molar-refractivity contribution in [2.24, 2.45) is 0 Å². The Morgan fingerprint density at radius 3 is 1.93 bits per heavy atom. The van der Waals surface area contributed by atoms with E-state index in [-0.39, 0.29) is 51.4 Å². The van der Waals surface area contributed by atoms with Crippen LogP contribution in [0.5, 0.6) is 0 Å². The minimum atomic E-state index is -4.84. The van der Waals surface area contributed by atoms with Gasteiger partial charge in [0.05, 0.1) is 6.42 Å². The Balaban J connectivity index is 0. The van der Waals surface area contributed by atoms with Crippen LogP contribution in [0, 0.1) is 6.07 Å². The summed E-state index contributed by atoms with van der Waals surface area (Å²) < 4.78 is 28.7. The van der Waals surface area contributed by atoms with Gasteiger partial charge in [0.15, 0.2) is 5.25 Å². The van der Waals surface area contributed by atoms with Gasteiger partial charge in [0.25, 0.3) is 10.1 Å². The topological polar surface area (TPSA) is 129 Å². The van der Waals surface area contributed by atoms with Crippen molar-refractivity contribution in [3.63, 3.8) is 0 Å². The number of carbonyl (C=O) groups is 2. The van der Waals surface area contributed by atoms with E-state index in [1.807, 2.05) is 12.1 Å². The molecule has 160 valence electrons. The molecule has 1 atom stereocenters. The first-order chi connectivity index (χ1) is 13.2. The van der Waals surface area contributed by atoms with Crippen molar-refractivity contribution in [2.45, 2.75) is 76.4 Å². The maximum atomic E-state index is 10.2. The van der Waals surface area contributed by atoms with Crippen LogP contribution >= 0.6 is 0 Å². The second-order valence-corrected chi connectivity index (χ2v) is 8.15. The van der Waals surface area contributed by atoms with Crippen molar-refractivity contribution in [1.29, 1.82) is 0 Å². The molecule has 1 unspecified atom stereocenters. The predicted molar refractivity (Wildman–Crippen MR) is 107 cm³/mol. The number of hydrogen-bond acceptors (Lipinski definition) is 4. The number of aryl methyl sites for hydroxylation is 1. The Labute approximate surface area is 216 Å². The molecule has 0 aromatic heterocycles. The van der Waals surface area contributed by atoms with Crippen LogP contribution in [0.4, 0.5) is 0 Å². The fraction of sp³-hybridized carbons (Fsp3) is 0.600. The van der Waals surface area contributed by atoms with Crippen LogP contribution < -0.4 is 51.4 Å². The number of benzene rings is 1. The summed E-state index contributed by atoms with van der Waals surface area (Å²) in [6, 6.07) is 11.6. The van der Waals surface area contributed by atoms with E-state index in [0.29, 0.717) is 0 Å². The van der Waals surface area contributed by atoms with Gasteiger partial charge in [-0.15, -0.1) is 0 Å². The second-order valence-electron chi connectivity index (χ2n) is 6.55. The molecule has 0 amide bonds. The first-order valence-electron chi connectivity index (χ1n) is 9.55. The Bertz CT molecular complexity index is 663. The molecule has 1 aromatic rings. The van der Waals surface area contributed by atoms with Gasteiger partial charge in [-0.3, -0.25) is 14.1 Å². The molecule has 0 radical (unpaired) electrons. The Kier molecular flexibility index (Phi) is 19.7. The third-order valence-corrected chi connectivity index (χ3v) is 5.16. The summed E-state index contributed by atoms with van der Waals surface area (Å²) in [6.45, 7) is 2.27. The van der Waals surface area contributed by atoms with E-state index in [4.69, 9.17) is 14.8 Å². The van der Waals surface area contributed by atoms with Gasteiger partial charge in [-0.2, -0.15) is 44.3 Å². The SMILES string of the molecule is CCCCCCCCCCc1[c-]cccc1.O=C(O)CC(C(=O)O)S(=O)(=O)O.[K+]. The van der Waals surface area contributed by atoms with Gasteiger partial charge in [0.2, 0.25) is 0 Å². The molecule has 7 nitrogen and oxygen atoms in total. The number of aliphatic carboxylic acids is 2. The summed E-state index contributed by atoms with van der Waals surface area (Å²) in [5, 5.41) is 13.9. The number of rotatable bonds is 13. The smallest absolute Gasteiger partial charge is 0.481 e. The monoisotopic (exact) mass is 454 g/mol. The zero-order chi connectivity index (χ0) is 21.4. The van der Waals surface area contributed by atoms with E-state index in [1.54, 1.807) is 0 Å². The van der Waals surface area contributed by atoms with E-state index in [9.17, 15) is 18.0 Å². The summed E-state index contributed by atoms with van der Waals surface area (Å²) in [6.07, 6.45) is 11.2. The minimum Gasteiger partial charge on any atom is -0.481 e. The fourth-order valence-corrected chi connectivity index (χ4v) is 3.12. The summed E-state index contributed by atoms with van der Waals surface area (Å²) >= 11 is 0. The molecular formula is C20H31KO7S. The van der Waals surface area contributed by atoms with Gasteiger partial charge in [-0.25, -0.2) is 0 Å². The molecule has 3 N–H and O–H groups in total. The van der Waals surface area contributed by atoms with Gasteiger partial charge in [-0.05, 0) is 0 Å². The van der Waals surface area contributed by atoms with Gasteiger partial charge >= 0.3 is 63.3 Å². The largest absolute Gasteiger partial charge is 1.00 e. The van der Waals surface area contributed by atoms with Crippen molar-refractivity contribution in [2.75, 3.05) is 0 Å². The van der Waals surface area contributed by atoms with E-state index in [1.165, 1.54) is 63.4 Å². The molecule has 0 saturated carbocycles. The minimum absolute atomic E-state index is 0. The Morgan fingerprint density at radius 1 is 1.00 bits per heavy atom. The molecule has 0 aliphatic rings. The molecule has 1 aromatic carbocycles. The normalized spacial score (nSPS) is 11.5. The molecule has 0 fully saturated rings. The van der Waals surface area contributed by atoms with Crippen molar-refractivity contribution in [3.05, 3.63) is 35.9 Å². The zero-order valence-corrected chi connectivity index (χ0v) is 21.3. The summed E-state index contributed by atoms with van der Waals surface area (Å²) in [5.74, 6) is -3.50. The van der Waals surface area contributed by atoms with Crippen molar-refractivity contribution in [1.82, 2.24) is 0 Å². The van der Waals surface area contributed by atoms with Crippen LogP contribution in [-0.4, -0.2) is 40.4 Å². The average molecular weight is 455 g/mol. The number of hydrogen-bond donors (Lipinski definition) is 3.